The van der Waals surface area contributed by atoms with Crippen molar-refractivity contribution in [1.82, 2.24) is 14.9 Å². The number of nitrogen functional groups attached to an aromatic ring is 1. The van der Waals surface area contributed by atoms with Gasteiger partial charge in [0.2, 0.25) is 11.6 Å². The Morgan fingerprint density at radius 3 is 2.66 bits per heavy atom. The molecule has 10 nitrogen and oxygen atoms in total. The Morgan fingerprint density at radius 2 is 2.00 bits per heavy atom. The van der Waals surface area contributed by atoms with E-state index in [1.54, 1.807) is 25.7 Å². The van der Waals surface area contributed by atoms with Gasteiger partial charge in [-0.2, -0.15) is 0 Å². The van der Waals surface area contributed by atoms with Crippen LogP contribution in [0.15, 0.2) is 24.3 Å². The number of carbonyl (C=O) groups excluding carboxylic acids is 1. The molecule has 10 heteroatoms. The smallest absolute Gasteiger partial charge is 0.353 e. The maximum atomic E-state index is 12.6. The first-order valence-corrected chi connectivity index (χ1v) is 10.8. The fraction of sp³-hybridized carbons (Fsp3) is 0.500. The van der Waals surface area contributed by atoms with E-state index in [1.807, 2.05) is 12.1 Å². The molecule has 1 aliphatic heterocycles. The van der Waals surface area contributed by atoms with Gasteiger partial charge in [0.25, 0.3) is 0 Å². The highest BCUT2D eigenvalue weighted by atomic mass is 16.6. The molecule has 2 N–H and O–H groups in total. The first-order valence-electron chi connectivity index (χ1n) is 10.8. The lowest BCUT2D eigenvalue weighted by atomic mass is 10.1. The Kier molecular flexibility index (Phi) is 7.57. The quantitative estimate of drug-likeness (QED) is 0.354. The van der Waals surface area contributed by atoms with E-state index in [0.717, 1.165) is 30.8 Å². The minimum absolute atomic E-state index is 0.00509. The molecule has 2 heterocycles. The van der Waals surface area contributed by atoms with Crippen LogP contribution >= 0.6 is 0 Å². The largest absolute Gasteiger partial charge is 0.464 e. The lowest BCUT2D eigenvalue weighted by Crippen LogP contribution is -2.41. The van der Waals surface area contributed by atoms with E-state index >= 15 is 0 Å². The molecular weight excluding hydrogens is 412 g/mol. The molecule has 0 bridgehead atoms. The van der Waals surface area contributed by atoms with Crippen molar-refractivity contribution in [2.75, 3.05) is 30.3 Å². The normalized spacial score (nSPS) is 14.8. The number of nitrogens with two attached hydrogens (primary N) is 1. The lowest BCUT2D eigenvalue weighted by molar-refractivity contribution is -0.383. The van der Waals surface area contributed by atoms with Gasteiger partial charge in [-0.05, 0) is 57.8 Å². The predicted molar refractivity (Wildman–Crippen MR) is 121 cm³/mol. The second kappa shape index (κ2) is 10.4. The van der Waals surface area contributed by atoms with Gasteiger partial charge in [-0.15, -0.1) is 0 Å². The van der Waals surface area contributed by atoms with Crippen LogP contribution in [0.3, 0.4) is 0 Å². The highest BCUT2D eigenvalue weighted by Gasteiger charge is 2.33. The van der Waals surface area contributed by atoms with E-state index in [9.17, 15) is 14.9 Å². The van der Waals surface area contributed by atoms with Gasteiger partial charge in [0.1, 0.15) is 11.9 Å². The third-order valence-corrected chi connectivity index (χ3v) is 5.50. The summed E-state index contributed by atoms with van der Waals surface area (Å²) in [5.41, 5.74) is 7.51. The first-order chi connectivity index (χ1) is 15.3. The van der Waals surface area contributed by atoms with Gasteiger partial charge in [0, 0.05) is 13.1 Å². The van der Waals surface area contributed by atoms with Gasteiger partial charge in [-0.25, -0.2) is 14.8 Å². The number of ether oxygens (including phenoxy) is 1. The van der Waals surface area contributed by atoms with Gasteiger partial charge >= 0.3 is 11.7 Å². The fourth-order valence-electron chi connectivity index (χ4n) is 3.96. The van der Waals surface area contributed by atoms with Crippen molar-refractivity contribution in [3.05, 3.63) is 51.3 Å². The highest BCUT2D eigenvalue weighted by Crippen LogP contribution is 2.33. The molecule has 172 valence electrons. The molecule has 2 aromatic rings. The summed E-state index contributed by atoms with van der Waals surface area (Å²) in [4.78, 5) is 35.9. The van der Waals surface area contributed by atoms with Crippen molar-refractivity contribution in [1.29, 1.82) is 0 Å². The Bertz CT molecular complexity index is 977. The third kappa shape index (κ3) is 5.50. The Morgan fingerprint density at radius 1 is 1.31 bits per heavy atom. The highest BCUT2D eigenvalue weighted by molar-refractivity contribution is 5.81. The minimum atomic E-state index is -0.815. The summed E-state index contributed by atoms with van der Waals surface area (Å²) in [5.74, 6) is -0.441. The van der Waals surface area contributed by atoms with Crippen LogP contribution in [-0.2, 0) is 22.6 Å². The first kappa shape index (κ1) is 23.4. The zero-order chi connectivity index (χ0) is 23.3. The topological polar surface area (TPSA) is 128 Å². The predicted octanol–water partition coefficient (Wildman–Crippen LogP) is 2.83. The summed E-state index contributed by atoms with van der Waals surface area (Å²) >= 11 is 0. The van der Waals surface area contributed by atoms with Crippen molar-refractivity contribution in [2.24, 2.45) is 0 Å². The van der Waals surface area contributed by atoms with Crippen molar-refractivity contribution < 1.29 is 14.5 Å². The number of nitro groups is 1. The van der Waals surface area contributed by atoms with Crippen molar-refractivity contribution in [3.8, 4) is 0 Å². The molecule has 1 aromatic heterocycles. The summed E-state index contributed by atoms with van der Waals surface area (Å²) in [5, 5.41) is 11.8. The molecule has 1 saturated heterocycles. The molecule has 0 aliphatic carbocycles. The standard InChI is InChI=1S/C22H30N6O4/c1-4-32-22(29)15(2)27(21-19(28(30)31)20(23)24-16(3)25-21)14-18-9-7-8-17(12-18)13-26-10-5-6-11-26/h7-9,12,15H,4-6,10-11,13-14H2,1-3H3,(H2,23,24,25). The van der Waals surface area contributed by atoms with E-state index in [1.165, 1.54) is 12.8 Å². The Hall–Kier alpha value is -3.27. The van der Waals surface area contributed by atoms with Crippen LogP contribution in [0.4, 0.5) is 17.3 Å². The molecule has 0 spiro atoms. The average Bonchev–Trinajstić information content (AvgIpc) is 3.24. The maximum absolute atomic E-state index is 12.6. The number of aromatic nitrogens is 2. The molecule has 0 radical (unpaired) electrons. The van der Waals surface area contributed by atoms with E-state index in [-0.39, 0.29) is 30.6 Å². The molecule has 1 atom stereocenters. The van der Waals surface area contributed by atoms with Gasteiger partial charge in [0.05, 0.1) is 11.5 Å². The molecule has 1 fully saturated rings. The molecule has 1 unspecified atom stereocenters. The number of likely N-dealkylation sites (tertiary alicyclic amines) is 1. The molecule has 3 rings (SSSR count). The summed E-state index contributed by atoms with van der Waals surface area (Å²) in [6, 6.07) is 7.20. The van der Waals surface area contributed by atoms with Crippen molar-refractivity contribution in [2.45, 2.75) is 52.7 Å². The molecular formula is C22H30N6O4. The lowest BCUT2D eigenvalue weighted by Gasteiger charge is -2.29. The number of carbonyl (C=O) groups is 1. The number of nitrogens with zero attached hydrogens (tertiary/aromatic N) is 5. The second-order valence-electron chi connectivity index (χ2n) is 7.94. The van der Waals surface area contributed by atoms with E-state index in [2.05, 4.69) is 27.0 Å². The number of esters is 1. The molecule has 0 saturated carbocycles. The molecule has 1 aliphatic rings. The Balaban J connectivity index is 1.98. The van der Waals surface area contributed by atoms with E-state index in [0.29, 0.717) is 0 Å². The number of anilines is 2. The van der Waals surface area contributed by atoms with Crippen molar-refractivity contribution >= 4 is 23.3 Å². The average molecular weight is 443 g/mol. The van der Waals surface area contributed by atoms with Crippen LogP contribution in [0, 0.1) is 17.0 Å². The van der Waals surface area contributed by atoms with E-state index < -0.39 is 22.6 Å². The summed E-state index contributed by atoms with van der Waals surface area (Å²) in [6.45, 7) is 8.41. The maximum Gasteiger partial charge on any atom is 0.353 e. The second-order valence-corrected chi connectivity index (χ2v) is 7.94. The third-order valence-electron chi connectivity index (χ3n) is 5.50. The van der Waals surface area contributed by atoms with Crippen molar-refractivity contribution in [3.63, 3.8) is 0 Å². The SMILES string of the molecule is CCOC(=O)C(C)N(Cc1cccc(CN2CCCC2)c1)c1nc(C)nc(N)c1[N+](=O)[O-]. The van der Waals surface area contributed by atoms with E-state index in [4.69, 9.17) is 10.5 Å². The van der Waals surface area contributed by atoms with Crippen LogP contribution in [0.25, 0.3) is 0 Å². The number of hydrogen-bond acceptors (Lipinski definition) is 9. The monoisotopic (exact) mass is 442 g/mol. The van der Waals surface area contributed by atoms with Crippen LogP contribution < -0.4 is 10.6 Å². The van der Waals surface area contributed by atoms with Gasteiger partial charge in [-0.1, -0.05) is 24.3 Å². The number of rotatable bonds is 9. The number of benzene rings is 1. The zero-order valence-electron chi connectivity index (χ0n) is 18.8. The van der Waals surface area contributed by atoms with Crippen LogP contribution in [-0.4, -0.2) is 51.5 Å². The zero-order valence-corrected chi connectivity index (χ0v) is 18.8. The minimum Gasteiger partial charge on any atom is -0.464 e. The van der Waals surface area contributed by atoms with Gasteiger partial charge in [0.15, 0.2) is 0 Å². The van der Waals surface area contributed by atoms with Gasteiger partial charge < -0.3 is 15.4 Å². The summed E-state index contributed by atoms with van der Waals surface area (Å²) in [6.07, 6.45) is 2.42. The number of aryl methyl sites for hydroxylation is 1. The van der Waals surface area contributed by atoms with Crippen LogP contribution in [0.5, 0.6) is 0 Å². The number of hydrogen-bond donors (Lipinski definition) is 1. The Labute approximate surface area is 187 Å². The molecule has 1 aromatic carbocycles. The summed E-state index contributed by atoms with van der Waals surface area (Å²) in [7, 11) is 0. The van der Waals surface area contributed by atoms with Crippen LogP contribution in [0.2, 0.25) is 0 Å². The van der Waals surface area contributed by atoms with Crippen LogP contribution in [0.1, 0.15) is 43.6 Å². The summed E-state index contributed by atoms with van der Waals surface area (Å²) < 4.78 is 5.19. The molecule has 0 amide bonds. The van der Waals surface area contributed by atoms with Gasteiger partial charge in [-0.3, -0.25) is 15.0 Å². The molecule has 32 heavy (non-hydrogen) atoms. The fourth-order valence-corrected chi connectivity index (χ4v) is 3.96.